The van der Waals surface area contributed by atoms with Gasteiger partial charge in [0.05, 0.1) is 17.2 Å². The number of nitrogens with one attached hydrogen (secondary N) is 2. The molecule has 0 spiro atoms. The van der Waals surface area contributed by atoms with Crippen LogP contribution in [0.2, 0.25) is 23.2 Å². The van der Waals surface area contributed by atoms with Crippen LogP contribution in [-0.4, -0.2) is 56.5 Å². The minimum atomic E-state index is -1.82. The highest BCUT2D eigenvalue weighted by atomic mass is 35.5. The van der Waals surface area contributed by atoms with Crippen molar-refractivity contribution in [2.45, 2.75) is 69.7 Å². The zero-order valence-electron chi connectivity index (χ0n) is 23.1. The molecule has 0 saturated heterocycles. The summed E-state index contributed by atoms with van der Waals surface area (Å²) in [4.78, 5) is 29.5. The fourth-order valence-electron chi connectivity index (χ4n) is 4.86. The fraction of sp³-hybridized carbons (Fsp3) is 0.536. The Morgan fingerprint density at radius 3 is 2.51 bits per heavy atom. The minimum Gasteiger partial charge on any atom is -0.484 e. The third-order valence-corrected chi connectivity index (χ3v) is 12.9. The molecule has 2 aromatic rings. The van der Waals surface area contributed by atoms with Crippen LogP contribution in [0.15, 0.2) is 36.5 Å². The number of benzene rings is 1. The van der Waals surface area contributed by atoms with E-state index in [4.69, 9.17) is 25.5 Å². The standard InChI is InChI=1S/C28H37ClFN3O5Si/c1-27(2,3)39(4,5)38-11-10-36-25-9-6-18(16-31-25)26(35)32-23-15-28(13-19(23)14-28)33-24(34)17-37-20-7-8-21(29)22(30)12-20/h6-9,12,16,19,23H,10-11,13-15,17H2,1-5H3,(H,32,35)(H,33,34). The number of carbonyl (C=O) groups excluding carboxylic acids is 2. The number of rotatable bonds is 11. The Morgan fingerprint density at radius 1 is 1.13 bits per heavy atom. The Hall–Kier alpha value is -2.69. The van der Waals surface area contributed by atoms with E-state index < -0.39 is 14.1 Å². The summed E-state index contributed by atoms with van der Waals surface area (Å²) in [5.41, 5.74) is 0.0992. The van der Waals surface area contributed by atoms with Crippen molar-refractivity contribution in [3.8, 4) is 11.6 Å². The highest BCUT2D eigenvalue weighted by Gasteiger charge is 2.57. The maximum atomic E-state index is 13.6. The van der Waals surface area contributed by atoms with Gasteiger partial charge in [-0.05, 0) is 61.5 Å². The Balaban J connectivity index is 1.19. The highest BCUT2D eigenvalue weighted by molar-refractivity contribution is 6.74. The van der Waals surface area contributed by atoms with Crippen LogP contribution in [0.25, 0.3) is 0 Å². The normalized spacial score (nSPS) is 22.1. The lowest BCUT2D eigenvalue weighted by molar-refractivity contribution is -0.125. The lowest BCUT2D eigenvalue weighted by Crippen LogP contribution is -2.53. The second-order valence-electron chi connectivity index (χ2n) is 12.0. The predicted molar refractivity (Wildman–Crippen MR) is 149 cm³/mol. The van der Waals surface area contributed by atoms with Crippen LogP contribution < -0.4 is 20.1 Å². The number of pyridine rings is 1. The molecule has 39 heavy (non-hydrogen) atoms. The summed E-state index contributed by atoms with van der Waals surface area (Å²) in [7, 11) is -1.82. The molecule has 5 rings (SSSR count). The number of carbonyl (C=O) groups is 2. The molecule has 1 unspecified atom stereocenters. The van der Waals surface area contributed by atoms with Gasteiger partial charge in [-0.2, -0.15) is 0 Å². The van der Waals surface area contributed by atoms with Crippen molar-refractivity contribution in [2.24, 2.45) is 5.92 Å². The number of hydrogen-bond acceptors (Lipinski definition) is 6. The van der Waals surface area contributed by atoms with E-state index in [1.54, 1.807) is 12.1 Å². The van der Waals surface area contributed by atoms with Gasteiger partial charge in [0, 0.05) is 29.9 Å². The van der Waals surface area contributed by atoms with Crippen LogP contribution in [0.5, 0.6) is 11.6 Å². The number of amides is 2. The third kappa shape index (κ3) is 7.09. The molecule has 1 aromatic carbocycles. The Bertz CT molecular complexity index is 1200. The second kappa shape index (κ2) is 11.4. The van der Waals surface area contributed by atoms with Gasteiger partial charge in [0.15, 0.2) is 14.9 Å². The number of aromatic nitrogens is 1. The van der Waals surface area contributed by atoms with Crippen molar-refractivity contribution in [1.82, 2.24) is 15.6 Å². The van der Waals surface area contributed by atoms with E-state index in [1.165, 1.54) is 18.3 Å². The molecule has 3 fully saturated rings. The van der Waals surface area contributed by atoms with Crippen LogP contribution in [0.1, 0.15) is 50.4 Å². The molecule has 2 N–H and O–H groups in total. The number of fused-ring (bicyclic) bond motifs is 1. The molecular weight excluding hydrogens is 541 g/mol. The van der Waals surface area contributed by atoms with Gasteiger partial charge < -0.3 is 24.5 Å². The van der Waals surface area contributed by atoms with E-state index >= 15 is 0 Å². The fourth-order valence-corrected chi connectivity index (χ4v) is 6.01. The van der Waals surface area contributed by atoms with Gasteiger partial charge in [0.25, 0.3) is 11.8 Å². The van der Waals surface area contributed by atoms with Crippen molar-refractivity contribution >= 4 is 31.7 Å². The summed E-state index contributed by atoms with van der Waals surface area (Å²) in [6.07, 6.45) is 3.74. The van der Waals surface area contributed by atoms with Gasteiger partial charge in [0.2, 0.25) is 5.88 Å². The molecule has 2 amide bonds. The van der Waals surface area contributed by atoms with Crippen LogP contribution >= 0.6 is 11.6 Å². The van der Waals surface area contributed by atoms with E-state index in [0.717, 1.165) is 18.9 Å². The Kier molecular flexibility index (Phi) is 8.58. The lowest BCUT2D eigenvalue weighted by atomic mass is 9.76. The first-order valence-corrected chi connectivity index (χ1v) is 16.5. The molecule has 1 heterocycles. The molecule has 3 saturated carbocycles. The molecule has 11 heteroatoms. The van der Waals surface area contributed by atoms with E-state index in [-0.39, 0.29) is 45.8 Å². The first-order chi connectivity index (χ1) is 18.3. The lowest BCUT2D eigenvalue weighted by Gasteiger charge is -2.39. The van der Waals surface area contributed by atoms with E-state index in [2.05, 4.69) is 49.5 Å². The maximum absolute atomic E-state index is 13.6. The largest absolute Gasteiger partial charge is 0.484 e. The predicted octanol–water partition coefficient (Wildman–Crippen LogP) is 5.12. The Morgan fingerprint density at radius 2 is 1.87 bits per heavy atom. The van der Waals surface area contributed by atoms with E-state index in [1.807, 2.05) is 0 Å². The van der Waals surface area contributed by atoms with Crippen LogP contribution in [-0.2, 0) is 9.22 Å². The van der Waals surface area contributed by atoms with Crippen LogP contribution in [0.3, 0.4) is 0 Å². The monoisotopic (exact) mass is 577 g/mol. The smallest absolute Gasteiger partial charge is 0.258 e. The topological polar surface area (TPSA) is 98.8 Å². The summed E-state index contributed by atoms with van der Waals surface area (Å²) in [5, 5.41) is 6.25. The van der Waals surface area contributed by atoms with Gasteiger partial charge in [-0.1, -0.05) is 32.4 Å². The first kappa shape index (κ1) is 29.3. The molecule has 3 aliphatic carbocycles. The van der Waals surface area contributed by atoms with Crippen molar-refractivity contribution < 1.29 is 27.9 Å². The molecule has 1 atom stereocenters. The number of ether oxygens (including phenoxy) is 2. The van der Waals surface area contributed by atoms with Crippen molar-refractivity contribution in [3.05, 3.63) is 52.9 Å². The van der Waals surface area contributed by atoms with Crippen LogP contribution in [0, 0.1) is 11.7 Å². The second-order valence-corrected chi connectivity index (χ2v) is 17.2. The van der Waals surface area contributed by atoms with Gasteiger partial charge >= 0.3 is 0 Å². The maximum Gasteiger partial charge on any atom is 0.258 e. The minimum absolute atomic E-state index is 0.00657. The number of hydrogen-bond donors (Lipinski definition) is 2. The van der Waals surface area contributed by atoms with Crippen LogP contribution in [0.4, 0.5) is 4.39 Å². The van der Waals surface area contributed by atoms with Crippen molar-refractivity contribution in [3.63, 3.8) is 0 Å². The molecule has 1 aromatic heterocycles. The summed E-state index contributed by atoms with van der Waals surface area (Å²) < 4.78 is 30.8. The first-order valence-electron chi connectivity index (χ1n) is 13.2. The van der Waals surface area contributed by atoms with Crippen molar-refractivity contribution in [1.29, 1.82) is 0 Å². The van der Waals surface area contributed by atoms with E-state index in [0.29, 0.717) is 37.0 Å². The van der Waals surface area contributed by atoms with Gasteiger partial charge in [-0.25, -0.2) is 9.37 Å². The molecule has 0 radical (unpaired) electrons. The summed E-state index contributed by atoms with van der Waals surface area (Å²) in [6, 6.07) is 7.38. The molecule has 3 aliphatic rings. The van der Waals surface area contributed by atoms with Crippen molar-refractivity contribution in [2.75, 3.05) is 19.8 Å². The molecule has 8 nitrogen and oxygen atoms in total. The number of nitrogens with zero attached hydrogens (tertiary/aromatic N) is 1. The molecule has 2 bridgehead atoms. The zero-order valence-corrected chi connectivity index (χ0v) is 24.9. The zero-order chi connectivity index (χ0) is 28.4. The SMILES string of the molecule is CC(C)(C)[Si](C)(C)OCCOc1ccc(C(=O)NC2CC3(NC(=O)COc4ccc(Cl)c(F)c4)CC2C3)cn1. The summed E-state index contributed by atoms with van der Waals surface area (Å²) >= 11 is 5.67. The molecular formula is C28H37ClFN3O5Si. The average Bonchev–Trinajstić information content (AvgIpc) is 3.35. The number of halogens is 2. The molecule has 0 aliphatic heterocycles. The van der Waals surface area contributed by atoms with E-state index in [9.17, 15) is 14.0 Å². The molecule has 212 valence electrons. The van der Waals surface area contributed by atoms with Gasteiger partial charge in [-0.3, -0.25) is 9.59 Å². The Labute approximate surface area is 235 Å². The quantitative estimate of drug-likeness (QED) is 0.284. The average molecular weight is 578 g/mol. The third-order valence-electron chi connectivity index (χ3n) is 8.07. The highest BCUT2D eigenvalue weighted by Crippen LogP contribution is 2.52. The van der Waals surface area contributed by atoms with Gasteiger partial charge in [-0.15, -0.1) is 0 Å². The van der Waals surface area contributed by atoms with Gasteiger partial charge in [0.1, 0.15) is 18.2 Å². The summed E-state index contributed by atoms with van der Waals surface area (Å²) in [6.45, 7) is 11.6. The summed E-state index contributed by atoms with van der Waals surface area (Å²) in [5.74, 6) is -0.117.